The monoisotopic (exact) mass is 373 g/mol. The Labute approximate surface area is 162 Å². The van der Waals surface area contributed by atoms with Crippen molar-refractivity contribution in [1.29, 1.82) is 0 Å². The molecular formula is C22H19N3O3. The minimum absolute atomic E-state index is 0.282. The van der Waals surface area contributed by atoms with E-state index >= 15 is 0 Å². The Morgan fingerprint density at radius 2 is 1.75 bits per heavy atom. The molecular weight excluding hydrogens is 354 g/mol. The van der Waals surface area contributed by atoms with E-state index in [1.54, 1.807) is 20.1 Å². The van der Waals surface area contributed by atoms with Crippen molar-refractivity contribution in [2.24, 2.45) is 0 Å². The summed E-state index contributed by atoms with van der Waals surface area (Å²) < 4.78 is 12.1. The summed E-state index contributed by atoms with van der Waals surface area (Å²) in [5.41, 5.74) is 4.07. The number of fused-ring (bicyclic) bond motifs is 1. The summed E-state index contributed by atoms with van der Waals surface area (Å²) in [5, 5.41) is 4.58. The van der Waals surface area contributed by atoms with Crippen molar-refractivity contribution in [1.82, 2.24) is 14.6 Å². The molecule has 28 heavy (non-hydrogen) atoms. The van der Waals surface area contributed by atoms with Crippen LogP contribution in [-0.4, -0.2) is 34.3 Å². The van der Waals surface area contributed by atoms with Crippen molar-refractivity contribution in [3.63, 3.8) is 0 Å². The summed E-state index contributed by atoms with van der Waals surface area (Å²) in [4.78, 5) is 17.3. The molecule has 0 bridgehead atoms. The summed E-state index contributed by atoms with van der Waals surface area (Å²) in [5.74, 6) is 0.275. The third-order valence-electron chi connectivity index (χ3n) is 4.35. The first-order valence-corrected chi connectivity index (χ1v) is 8.97. The lowest BCUT2D eigenvalue weighted by Gasteiger charge is -2.08. The van der Waals surface area contributed by atoms with Gasteiger partial charge in [-0.05, 0) is 25.1 Å². The van der Waals surface area contributed by atoms with Crippen LogP contribution in [-0.2, 0) is 4.74 Å². The lowest BCUT2D eigenvalue weighted by molar-refractivity contribution is 0.0516. The van der Waals surface area contributed by atoms with Crippen LogP contribution in [0.5, 0.6) is 5.75 Å². The van der Waals surface area contributed by atoms with Crippen molar-refractivity contribution in [3.05, 3.63) is 72.4 Å². The smallest absolute Gasteiger partial charge is 0.357 e. The first-order valence-electron chi connectivity index (χ1n) is 8.97. The summed E-state index contributed by atoms with van der Waals surface area (Å²) in [7, 11) is 1.61. The van der Waals surface area contributed by atoms with Gasteiger partial charge in [0.2, 0.25) is 0 Å². The average Bonchev–Trinajstić information content (AvgIpc) is 3.18. The maximum Gasteiger partial charge on any atom is 0.357 e. The van der Waals surface area contributed by atoms with Gasteiger partial charge >= 0.3 is 5.97 Å². The Morgan fingerprint density at radius 3 is 2.50 bits per heavy atom. The first kappa shape index (κ1) is 17.7. The number of aromatic nitrogens is 3. The molecule has 6 heteroatoms. The fraction of sp³-hybridized carbons (Fsp3) is 0.136. The Balaban J connectivity index is 1.91. The van der Waals surface area contributed by atoms with Crippen LogP contribution in [0, 0.1) is 0 Å². The maximum absolute atomic E-state index is 12.6. The molecule has 0 fully saturated rings. The van der Waals surface area contributed by atoms with Gasteiger partial charge in [-0.2, -0.15) is 5.10 Å². The summed E-state index contributed by atoms with van der Waals surface area (Å²) in [6, 6.07) is 20.9. The lowest BCUT2D eigenvalue weighted by atomic mass is 10.1. The highest BCUT2D eigenvalue weighted by molar-refractivity contribution is 5.90. The molecule has 4 rings (SSSR count). The molecule has 4 aromatic rings. The fourth-order valence-corrected chi connectivity index (χ4v) is 3.01. The lowest BCUT2D eigenvalue weighted by Crippen LogP contribution is -2.12. The topological polar surface area (TPSA) is 65.7 Å². The first-order chi connectivity index (χ1) is 13.7. The van der Waals surface area contributed by atoms with E-state index in [0.29, 0.717) is 17.0 Å². The highest BCUT2D eigenvalue weighted by Gasteiger charge is 2.18. The van der Waals surface area contributed by atoms with Gasteiger partial charge in [0.15, 0.2) is 11.3 Å². The molecule has 0 spiro atoms. The zero-order valence-electron chi connectivity index (χ0n) is 15.6. The minimum atomic E-state index is -0.443. The number of hydrogen-bond acceptors (Lipinski definition) is 5. The SMILES string of the molecule is CCOC(=O)c1cc(-c2cccc(OC)c2)nc2cc(-c3ccccc3)nn12. The van der Waals surface area contributed by atoms with Crippen molar-refractivity contribution in [2.75, 3.05) is 13.7 Å². The van der Waals surface area contributed by atoms with E-state index in [1.165, 1.54) is 4.52 Å². The van der Waals surface area contributed by atoms with Gasteiger partial charge in [-0.25, -0.2) is 14.3 Å². The highest BCUT2D eigenvalue weighted by Crippen LogP contribution is 2.26. The molecule has 0 aliphatic rings. The Kier molecular flexibility index (Phi) is 4.76. The van der Waals surface area contributed by atoms with E-state index in [4.69, 9.17) is 14.5 Å². The summed E-state index contributed by atoms with van der Waals surface area (Å²) in [6.45, 7) is 2.06. The van der Waals surface area contributed by atoms with Crippen LogP contribution in [0.15, 0.2) is 66.7 Å². The van der Waals surface area contributed by atoms with Crippen LogP contribution >= 0.6 is 0 Å². The molecule has 0 saturated heterocycles. The maximum atomic E-state index is 12.6. The number of ether oxygens (including phenoxy) is 2. The van der Waals surface area contributed by atoms with Crippen molar-refractivity contribution in [2.45, 2.75) is 6.92 Å². The predicted octanol–water partition coefficient (Wildman–Crippen LogP) is 4.25. The number of esters is 1. The molecule has 0 amide bonds. The molecule has 2 aromatic heterocycles. The third-order valence-corrected chi connectivity index (χ3v) is 4.35. The number of rotatable bonds is 5. The zero-order chi connectivity index (χ0) is 19.5. The molecule has 0 N–H and O–H groups in total. The van der Waals surface area contributed by atoms with Crippen LogP contribution in [0.4, 0.5) is 0 Å². The van der Waals surface area contributed by atoms with Crippen LogP contribution in [0.3, 0.4) is 0 Å². The summed E-state index contributed by atoms with van der Waals surface area (Å²) >= 11 is 0. The number of nitrogens with zero attached hydrogens (tertiary/aromatic N) is 3. The van der Waals surface area contributed by atoms with Gasteiger partial charge in [0.05, 0.1) is 25.1 Å². The average molecular weight is 373 g/mol. The number of carbonyl (C=O) groups excluding carboxylic acids is 1. The molecule has 0 aliphatic heterocycles. The molecule has 2 heterocycles. The van der Waals surface area contributed by atoms with Gasteiger partial charge in [0, 0.05) is 17.2 Å². The second-order valence-electron chi connectivity index (χ2n) is 6.14. The molecule has 0 unspecified atom stereocenters. The van der Waals surface area contributed by atoms with Gasteiger partial charge in [-0.15, -0.1) is 0 Å². The van der Waals surface area contributed by atoms with E-state index in [1.807, 2.05) is 60.7 Å². The molecule has 0 atom stereocenters. The van der Waals surface area contributed by atoms with Crippen LogP contribution < -0.4 is 4.74 Å². The molecule has 140 valence electrons. The highest BCUT2D eigenvalue weighted by atomic mass is 16.5. The number of carbonyl (C=O) groups is 1. The van der Waals surface area contributed by atoms with E-state index in [2.05, 4.69) is 5.10 Å². The van der Waals surface area contributed by atoms with Crippen molar-refractivity contribution < 1.29 is 14.3 Å². The fourth-order valence-electron chi connectivity index (χ4n) is 3.01. The minimum Gasteiger partial charge on any atom is -0.497 e. The second-order valence-corrected chi connectivity index (χ2v) is 6.14. The Bertz CT molecular complexity index is 1140. The largest absolute Gasteiger partial charge is 0.497 e. The number of hydrogen-bond donors (Lipinski definition) is 0. The quantitative estimate of drug-likeness (QED) is 0.489. The third kappa shape index (κ3) is 3.32. The van der Waals surface area contributed by atoms with E-state index in [-0.39, 0.29) is 6.61 Å². The molecule has 0 saturated carbocycles. The van der Waals surface area contributed by atoms with Crippen LogP contribution in [0.1, 0.15) is 17.4 Å². The normalized spacial score (nSPS) is 10.8. The molecule has 0 radical (unpaired) electrons. The molecule has 2 aromatic carbocycles. The second kappa shape index (κ2) is 7.52. The van der Waals surface area contributed by atoms with Crippen LogP contribution in [0.25, 0.3) is 28.2 Å². The van der Waals surface area contributed by atoms with Gasteiger partial charge in [-0.1, -0.05) is 42.5 Å². The molecule has 0 aliphatic carbocycles. The standard InChI is InChI=1S/C22H19N3O3/c1-3-28-22(26)20-13-18(16-10-7-11-17(12-16)27-2)23-21-14-19(24-25(20)21)15-8-5-4-6-9-15/h4-14H,3H2,1-2H3. The van der Waals surface area contributed by atoms with Gasteiger partial charge in [-0.3, -0.25) is 0 Å². The zero-order valence-corrected chi connectivity index (χ0v) is 15.6. The Morgan fingerprint density at radius 1 is 0.964 bits per heavy atom. The summed E-state index contributed by atoms with van der Waals surface area (Å²) in [6.07, 6.45) is 0. The Hall–Kier alpha value is -3.67. The number of methoxy groups -OCH3 is 1. The predicted molar refractivity (Wildman–Crippen MR) is 106 cm³/mol. The van der Waals surface area contributed by atoms with Gasteiger partial charge in [0.25, 0.3) is 0 Å². The van der Waals surface area contributed by atoms with E-state index < -0.39 is 5.97 Å². The van der Waals surface area contributed by atoms with Gasteiger partial charge in [0.1, 0.15) is 5.75 Å². The number of benzene rings is 2. The van der Waals surface area contributed by atoms with Crippen molar-refractivity contribution in [3.8, 4) is 28.3 Å². The van der Waals surface area contributed by atoms with Gasteiger partial charge < -0.3 is 9.47 Å². The van der Waals surface area contributed by atoms with E-state index in [0.717, 1.165) is 22.6 Å². The van der Waals surface area contributed by atoms with Crippen LogP contribution in [0.2, 0.25) is 0 Å². The van der Waals surface area contributed by atoms with Crippen molar-refractivity contribution >= 4 is 11.6 Å². The molecule has 6 nitrogen and oxygen atoms in total. The van der Waals surface area contributed by atoms with E-state index in [9.17, 15) is 4.79 Å².